The maximum atomic E-state index is 12.9. The van der Waals surface area contributed by atoms with E-state index < -0.39 is 5.41 Å². The van der Waals surface area contributed by atoms with E-state index in [-0.39, 0.29) is 5.97 Å². The molecule has 1 aliphatic carbocycles. The van der Waals surface area contributed by atoms with E-state index in [4.69, 9.17) is 9.47 Å². The van der Waals surface area contributed by atoms with Gasteiger partial charge in [0.25, 0.3) is 0 Å². The van der Waals surface area contributed by atoms with E-state index in [2.05, 4.69) is 11.0 Å². The van der Waals surface area contributed by atoms with E-state index in [9.17, 15) is 4.79 Å². The van der Waals surface area contributed by atoms with Gasteiger partial charge in [-0.2, -0.15) is 0 Å². The third-order valence-electron chi connectivity index (χ3n) is 6.00. The second-order valence-corrected chi connectivity index (χ2v) is 7.36. The molecule has 138 valence electrons. The van der Waals surface area contributed by atoms with E-state index in [1.807, 2.05) is 25.1 Å². The minimum Gasteiger partial charge on any atom is -0.497 e. The number of methoxy groups -OCH3 is 1. The highest BCUT2D eigenvalue weighted by Crippen LogP contribution is 2.43. The topological polar surface area (TPSA) is 38.8 Å². The van der Waals surface area contributed by atoms with Crippen LogP contribution < -0.4 is 4.74 Å². The Hall–Kier alpha value is -1.55. The number of nitrogens with zero attached hydrogens (tertiary/aromatic N) is 1. The highest BCUT2D eigenvalue weighted by molar-refractivity contribution is 5.83. The van der Waals surface area contributed by atoms with Gasteiger partial charge in [0.1, 0.15) is 5.75 Å². The van der Waals surface area contributed by atoms with Crippen molar-refractivity contribution in [2.24, 2.45) is 0 Å². The lowest BCUT2D eigenvalue weighted by Gasteiger charge is -2.43. The molecule has 3 rings (SSSR count). The molecular weight excluding hydrogens is 314 g/mol. The highest BCUT2D eigenvalue weighted by atomic mass is 16.5. The number of esters is 1. The molecule has 1 heterocycles. The summed E-state index contributed by atoms with van der Waals surface area (Å²) < 4.78 is 10.9. The quantitative estimate of drug-likeness (QED) is 0.758. The number of piperidine rings is 1. The Morgan fingerprint density at radius 2 is 1.92 bits per heavy atom. The lowest BCUT2D eigenvalue weighted by Crippen LogP contribution is -2.47. The third-order valence-corrected chi connectivity index (χ3v) is 6.00. The molecule has 1 aromatic rings. The maximum absolute atomic E-state index is 12.9. The summed E-state index contributed by atoms with van der Waals surface area (Å²) in [7, 11) is 1.67. The highest BCUT2D eigenvalue weighted by Gasteiger charge is 2.45. The van der Waals surface area contributed by atoms with Gasteiger partial charge in [0.05, 0.1) is 19.1 Å². The molecule has 4 heteroatoms. The van der Waals surface area contributed by atoms with Crippen molar-refractivity contribution in [2.75, 3.05) is 26.8 Å². The molecule has 0 amide bonds. The van der Waals surface area contributed by atoms with E-state index >= 15 is 0 Å². The molecule has 0 aromatic heterocycles. The van der Waals surface area contributed by atoms with Crippen LogP contribution in [0.15, 0.2) is 24.3 Å². The van der Waals surface area contributed by atoms with Crippen molar-refractivity contribution < 1.29 is 14.3 Å². The van der Waals surface area contributed by atoms with Gasteiger partial charge >= 0.3 is 5.97 Å². The van der Waals surface area contributed by atoms with Gasteiger partial charge in [-0.15, -0.1) is 0 Å². The first-order chi connectivity index (χ1) is 12.2. The molecular formula is C21H31NO3. The number of hydrogen-bond donors (Lipinski definition) is 0. The molecule has 0 spiro atoms. The fourth-order valence-corrected chi connectivity index (χ4v) is 4.54. The first-order valence-corrected chi connectivity index (χ1v) is 9.75. The number of carbonyl (C=O) groups is 1. The summed E-state index contributed by atoms with van der Waals surface area (Å²) in [4.78, 5) is 15.6. The van der Waals surface area contributed by atoms with Crippen molar-refractivity contribution in [1.82, 2.24) is 4.90 Å². The lowest BCUT2D eigenvalue weighted by atomic mass is 9.67. The molecule has 1 saturated carbocycles. The zero-order valence-corrected chi connectivity index (χ0v) is 15.6. The van der Waals surface area contributed by atoms with E-state index in [0.717, 1.165) is 37.0 Å². The fraction of sp³-hybridized carbons (Fsp3) is 0.667. The minimum atomic E-state index is -0.517. The van der Waals surface area contributed by atoms with Crippen molar-refractivity contribution >= 4 is 5.97 Å². The maximum Gasteiger partial charge on any atom is 0.316 e. The molecule has 2 fully saturated rings. The molecule has 0 unspecified atom stereocenters. The number of hydrogen-bond acceptors (Lipinski definition) is 4. The van der Waals surface area contributed by atoms with Gasteiger partial charge in [0.2, 0.25) is 0 Å². The number of ether oxygens (including phenoxy) is 2. The van der Waals surface area contributed by atoms with E-state index in [0.29, 0.717) is 12.6 Å². The van der Waals surface area contributed by atoms with Gasteiger partial charge in [0, 0.05) is 6.04 Å². The predicted octanol–water partition coefficient (Wildman–Crippen LogP) is 3.92. The number of likely N-dealkylation sites (tertiary alicyclic amines) is 1. The van der Waals surface area contributed by atoms with Crippen LogP contribution in [0.1, 0.15) is 57.4 Å². The van der Waals surface area contributed by atoms with Crippen LogP contribution >= 0.6 is 0 Å². The average Bonchev–Trinajstić information content (AvgIpc) is 2.69. The van der Waals surface area contributed by atoms with E-state index in [1.165, 1.54) is 32.4 Å². The van der Waals surface area contributed by atoms with Crippen LogP contribution in [-0.2, 0) is 14.9 Å². The van der Waals surface area contributed by atoms with Crippen molar-refractivity contribution in [2.45, 2.75) is 63.3 Å². The van der Waals surface area contributed by atoms with Gasteiger partial charge in [0.15, 0.2) is 0 Å². The molecule has 0 N–H and O–H groups in total. The van der Waals surface area contributed by atoms with Gasteiger partial charge in [-0.1, -0.05) is 18.6 Å². The molecule has 1 aliphatic heterocycles. The summed E-state index contributed by atoms with van der Waals surface area (Å²) in [5.74, 6) is 0.736. The Labute approximate surface area is 151 Å². The molecule has 0 radical (unpaired) electrons. The molecule has 0 bridgehead atoms. The zero-order valence-electron chi connectivity index (χ0n) is 15.6. The number of rotatable bonds is 5. The standard InChI is InChI=1S/C21H31NO3/c1-3-25-20(23)21(17-8-7-9-19(16-17)24-2)12-10-18(11-13-21)22-14-5-4-6-15-22/h7-9,16,18H,3-6,10-15H2,1-2H3. The van der Waals surface area contributed by atoms with Crippen molar-refractivity contribution in [3.05, 3.63) is 29.8 Å². The summed E-state index contributed by atoms with van der Waals surface area (Å²) in [5.41, 5.74) is 0.527. The van der Waals surface area contributed by atoms with Crippen LogP contribution in [0, 0.1) is 0 Å². The second-order valence-electron chi connectivity index (χ2n) is 7.36. The van der Waals surface area contributed by atoms with Crippen LogP contribution in [-0.4, -0.2) is 43.7 Å². The smallest absolute Gasteiger partial charge is 0.316 e. The van der Waals surface area contributed by atoms with Gasteiger partial charge in [-0.3, -0.25) is 4.79 Å². The predicted molar refractivity (Wildman–Crippen MR) is 99.0 cm³/mol. The zero-order chi connectivity index (χ0) is 17.7. The third kappa shape index (κ3) is 3.84. The first-order valence-electron chi connectivity index (χ1n) is 9.75. The van der Waals surface area contributed by atoms with Crippen LogP contribution in [0.4, 0.5) is 0 Å². The normalized spacial score (nSPS) is 27.7. The first kappa shape index (κ1) is 18.2. The minimum absolute atomic E-state index is 0.0691. The van der Waals surface area contributed by atoms with Gasteiger partial charge in [-0.25, -0.2) is 0 Å². The Balaban J connectivity index is 1.80. The van der Waals surface area contributed by atoms with Crippen molar-refractivity contribution in [3.8, 4) is 5.75 Å². The Bertz CT molecular complexity index is 572. The summed E-state index contributed by atoms with van der Waals surface area (Å²) in [6.07, 6.45) is 7.84. The van der Waals surface area contributed by atoms with Gasteiger partial charge < -0.3 is 14.4 Å². The summed E-state index contributed by atoms with van der Waals surface area (Å²) in [6, 6.07) is 8.60. The lowest BCUT2D eigenvalue weighted by molar-refractivity contribution is -0.152. The fourth-order valence-electron chi connectivity index (χ4n) is 4.54. The van der Waals surface area contributed by atoms with Gasteiger partial charge in [-0.05, 0) is 76.2 Å². The molecule has 1 saturated heterocycles. The SMILES string of the molecule is CCOC(=O)C1(c2cccc(OC)c2)CCC(N2CCCCC2)CC1. The molecule has 25 heavy (non-hydrogen) atoms. The molecule has 4 nitrogen and oxygen atoms in total. The Morgan fingerprint density at radius 3 is 2.56 bits per heavy atom. The molecule has 2 aliphatic rings. The second kappa shape index (κ2) is 8.22. The summed E-state index contributed by atoms with van der Waals surface area (Å²) in [6.45, 7) is 4.75. The van der Waals surface area contributed by atoms with Crippen LogP contribution in [0.2, 0.25) is 0 Å². The Morgan fingerprint density at radius 1 is 1.20 bits per heavy atom. The Kier molecular flexibility index (Phi) is 6.00. The van der Waals surface area contributed by atoms with Crippen LogP contribution in [0.3, 0.4) is 0 Å². The largest absolute Gasteiger partial charge is 0.497 e. The average molecular weight is 345 g/mol. The van der Waals surface area contributed by atoms with Crippen molar-refractivity contribution in [3.63, 3.8) is 0 Å². The summed E-state index contributed by atoms with van der Waals surface area (Å²) in [5, 5.41) is 0. The van der Waals surface area contributed by atoms with Crippen LogP contribution in [0.5, 0.6) is 5.75 Å². The molecule has 0 atom stereocenters. The number of carbonyl (C=O) groups excluding carboxylic acids is 1. The van der Waals surface area contributed by atoms with Crippen molar-refractivity contribution in [1.29, 1.82) is 0 Å². The molecule has 1 aromatic carbocycles. The summed E-state index contributed by atoms with van der Waals surface area (Å²) >= 11 is 0. The number of benzene rings is 1. The van der Waals surface area contributed by atoms with E-state index in [1.54, 1.807) is 7.11 Å². The monoisotopic (exact) mass is 345 g/mol. The van der Waals surface area contributed by atoms with Crippen LogP contribution in [0.25, 0.3) is 0 Å².